The molecule has 1 aromatic carbocycles. The number of carbonyl (C=O) groups excluding carboxylic acids is 1. The van der Waals surface area contributed by atoms with Crippen LogP contribution in [0.2, 0.25) is 0 Å². The van der Waals surface area contributed by atoms with E-state index in [1.807, 2.05) is 13.8 Å². The maximum Gasteiger partial charge on any atom is 0.241 e. The number of rotatable bonds is 3. The van der Waals surface area contributed by atoms with Gasteiger partial charge in [-0.15, -0.1) is 12.4 Å². The average Bonchev–Trinajstić information content (AvgIpc) is 2.16. The van der Waals surface area contributed by atoms with E-state index in [1.54, 1.807) is 6.07 Å². The van der Waals surface area contributed by atoms with E-state index in [0.29, 0.717) is 5.69 Å². The first kappa shape index (κ1) is 14.9. The molecule has 0 fully saturated rings. The predicted octanol–water partition coefficient (Wildman–Crippen LogP) is 2.17. The van der Waals surface area contributed by atoms with Crippen molar-refractivity contribution in [1.29, 1.82) is 0 Å². The fourth-order valence-electron chi connectivity index (χ4n) is 1.09. The molecule has 0 saturated carbocycles. The molecule has 0 aliphatic rings. The molecule has 0 spiro atoms. The molecule has 90 valence electrons. The van der Waals surface area contributed by atoms with Crippen LogP contribution in [-0.2, 0) is 4.79 Å². The van der Waals surface area contributed by atoms with Crippen LogP contribution in [-0.4, -0.2) is 11.9 Å². The van der Waals surface area contributed by atoms with E-state index >= 15 is 0 Å². The lowest BCUT2D eigenvalue weighted by atomic mass is 10.1. The van der Waals surface area contributed by atoms with Gasteiger partial charge >= 0.3 is 0 Å². The van der Waals surface area contributed by atoms with Crippen molar-refractivity contribution >= 4 is 24.0 Å². The summed E-state index contributed by atoms with van der Waals surface area (Å²) in [6.45, 7) is 3.71. The monoisotopic (exact) mass is 246 g/mol. The minimum Gasteiger partial charge on any atom is -0.325 e. The highest BCUT2D eigenvalue weighted by molar-refractivity contribution is 5.94. The summed E-state index contributed by atoms with van der Waals surface area (Å²) >= 11 is 0. The lowest BCUT2D eigenvalue weighted by molar-refractivity contribution is -0.118. The van der Waals surface area contributed by atoms with Crippen molar-refractivity contribution in [3.05, 3.63) is 30.1 Å². The number of hydrogen-bond acceptors (Lipinski definition) is 2. The van der Waals surface area contributed by atoms with E-state index in [-0.39, 0.29) is 30.0 Å². The van der Waals surface area contributed by atoms with Crippen molar-refractivity contribution in [3.8, 4) is 0 Å². The molecule has 1 unspecified atom stereocenters. The van der Waals surface area contributed by atoms with Crippen molar-refractivity contribution < 1.29 is 9.18 Å². The molecular weight excluding hydrogens is 231 g/mol. The van der Waals surface area contributed by atoms with E-state index in [9.17, 15) is 9.18 Å². The van der Waals surface area contributed by atoms with Crippen molar-refractivity contribution in [2.75, 3.05) is 5.32 Å². The molecular formula is C11H16ClFN2O. The number of amides is 1. The van der Waals surface area contributed by atoms with E-state index in [2.05, 4.69) is 5.32 Å². The highest BCUT2D eigenvalue weighted by Gasteiger charge is 2.16. The molecule has 16 heavy (non-hydrogen) atoms. The minimum atomic E-state index is -0.576. The molecule has 1 atom stereocenters. The second-order valence-electron chi connectivity index (χ2n) is 3.77. The Labute approximate surface area is 101 Å². The number of nitrogens with two attached hydrogens (primary N) is 1. The third kappa shape index (κ3) is 4.16. The van der Waals surface area contributed by atoms with Gasteiger partial charge in [0.1, 0.15) is 5.82 Å². The van der Waals surface area contributed by atoms with Crippen LogP contribution in [0.3, 0.4) is 0 Å². The molecule has 1 rings (SSSR count). The van der Waals surface area contributed by atoms with Crippen LogP contribution in [0, 0.1) is 11.7 Å². The summed E-state index contributed by atoms with van der Waals surface area (Å²) in [5.74, 6) is -0.625. The van der Waals surface area contributed by atoms with Crippen LogP contribution >= 0.6 is 12.4 Å². The Morgan fingerprint density at radius 1 is 1.44 bits per heavy atom. The Balaban J connectivity index is 0.00000225. The summed E-state index contributed by atoms with van der Waals surface area (Å²) in [4.78, 5) is 11.5. The first-order valence-electron chi connectivity index (χ1n) is 4.82. The number of hydrogen-bond donors (Lipinski definition) is 2. The second-order valence-corrected chi connectivity index (χ2v) is 3.77. The van der Waals surface area contributed by atoms with Gasteiger partial charge in [0.2, 0.25) is 5.91 Å². The van der Waals surface area contributed by atoms with Gasteiger partial charge in [0.05, 0.1) is 6.04 Å². The van der Waals surface area contributed by atoms with Gasteiger partial charge in [-0.05, 0) is 24.1 Å². The molecule has 5 heteroatoms. The lowest BCUT2D eigenvalue weighted by Gasteiger charge is -2.15. The standard InChI is InChI=1S/C11H15FN2O.ClH/c1-7(2)10(13)11(15)14-9-5-3-4-8(12)6-9;/h3-7,10H,13H2,1-2H3,(H,14,15);1H. The van der Waals surface area contributed by atoms with E-state index in [4.69, 9.17) is 5.73 Å². The van der Waals surface area contributed by atoms with Crippen LogP contribution < -0.4 is 11.1 Å². The molecule has 0 aliphatic heterocycles. The van der Waals surface area contributed by atoms with E-state index in [1.165, 1.54) is 18.2 Å². The molecule has 0 aliphatic carbocycles. The highest BCUT2D eigenvalue weighted by Crippen LogP contribution is 2.10. The zero-order valence-corrected chi connectivity index (χ0v) is 10.1. The Morgan fingerprint density at radius 2 is 2.06 bits per heavy atom. The van der Waals surface area contributed by atoms with Gasteiger partial charge in [0.15, 0.2) is 0 Å². The van der Waals surface area contributed by atoms with Gasteiger partial charge in [-0.2, -0.15) is 0 Å². The van der Waals surface area contributed by atoms with Gasteiger partial charge < -0.3 is 11.1 Å². The SMILES string of the molecule is CC(C)C(N)C(=O)Nc1cccc(F)c1.Cl. The highest BCUT2D eigenvalue weighted by atomic mass is 35.5. The summed E-state index contributed by atoms with van der Waals surface area (Å²) < 4.78 is 12.8. The van der Waals surface area contributed by atoms with Crippen molar-refractivity contribution in [1.82, 2.24) is 0 Å². The smallest absolute Gasteiger partial charge is 0.241 e. The fourth-order valence-corrected chi connectivity index (χ4v) is 1.09. The molecule has 0 bridgehead atoms. The Kier molecular flexibility index (Phi) is 6.00. The molecule has 1 aromatic rings. The molecule has 0 heterocycles. The summed E-state index contributed by atoms with van der Waals surface area (Å²) in [6, 6.07) is 5.15. The van der Waals surface area contributed by atoms with E-state index < -0.39 is 6.04 Å². The largest absolute Gasteiger partial charge is 0.325 e. The first-order chi connectivity index (χ1) is 7.00. The number of halogens is 2. The van der Waals surface area contributed by atoms with Crippen LogP contribution in [0.4, 0.5) is 10.1 Å². The first-order valence-corrected chi connectivity index (χ1v) is 4.82. The summed E-state index contributed by atoms with van der Waals surface area (Å²) in [7, 11) is 0. The van der Waals surface area contributed by atoms with E-state index in [0.717, 1.165) is 0 Å². The maximum atomic E-state index is 12.8. The Hall–Kier alpha value is -1.13. The van der Waals surface area contributed by atoms with Crippen molar-refractivity contribution in [3.63, 3.8) is 0 Å². The summed E-state index contributed by atoms with van der Waals surface area (Å²) in [5, 5.41) is 2.56. The zero-order chi connectivity index (χ0) is 11.4. The number of anilines is 1. The summed E-state index contributed by atoms with van der Waals surface area (Å²) in [5.41, 5.74) is 6.07. The van der Waals surface area contributed by atoms with Crippen LogP contribution in [0.5, 0.6) is 0 Å². The molecule has 0 saturated heterocycles. The normalized spacial score (nSPS) is 11.8. The van der Waals surface area contributed by atoms with Gasteiger partial charge in [0.25, 0.3) is 0 Å². The maximum absolute atomic E-state index is 12.8. The molecule has 0 radical (unpaired) electrons. The van der Waals surface area contributed by atoms with Gasteiger partial charge in [-0.1, -0.05) is 19.9 Å². The molecule has 1 amide bonds. The van der Waals surface area contributed by atoms with Gasteiger partial charge in [-0.25, -0.2) is 4.39 Å². The van der Waals surface area contributed by atoms with Gasteiger partial charge in [-0.3, -0.25) is 4.79 Å². The Bertz CT molecular complexity index is 358. The Morgan fingerprint density at radius 3 is 2.56 bits per heavy atom. The number of nitrogens with one attached hydrogen (secondary N) is 1. The lowest BCUT2D eigenvalue weighted by Crippen LogP contribution is -2.39. The number of benzene rings is 1. The number of carbonyl (C=O) groups is 1. The minimum absolute atomic E-state index is 0. The zero-order valence-electron chi connectivity index (χ0n) is 9.24. The van der Waals surface area contributed by atoms with Crippen molar-refractivity contribution in [2.24, 2.45) is 11.7 Å². The van der Waals surface area contributed by atoms with Crippen LogP contribution in [0.1, 0.15) is 13.8 Å². The van der Waals surface area contributed by atoms with Crippen LogP contribution in [0.25, 0.3) is 0 Å². The molecule has 3 N–H and O–H groups in total. The fraction of sp³-hybridized carbons (Fsp3) is 0.364. The van der Waals surface area contributed by atoms with Crippen molar-refractivity contribution in [2.45, 2.75) is 19.9 Å². The predicted molar refractivity (Wildman–Crippen MR) is 65.1 cm³/mol. The topological polar surface area (TPSA) is 55.1 Å². The third-order valence-electron chi connectivity index (χ3n) is 2.11. The summed E-state index contributed by atoms with van der Waals surface area (Å²) in [6.07, 6.45) is 0. The molecule has 0 aromatic heterocycles. The molecule has 3 nitrogen and oxygen atoms in total. The van der Waals surface area contributed by atoms with Crippen LogP contribution in [0.15, 0.2) is 24.3 Å². The third-order valence-corrected chi connectivity index (χ3v) is 2.11. The quantitative estimate of drug-likeness (QED) is 0.859. The average molecular weight is 247 g/mol. The second kappa shape index (κ2) is 6.45. The van der Waals surface area contributed by atoms with Gasteiger partial charge in [0, 0.05) is 5.69 Å².